The molecule has 0 radical (unpaired) electrons. The number of aromatic amines is 2. The van der Waals surface area contributed by atoms with Crippen molar-refractivity contribution in [3.05, 3.63) is 62.3 Å². The number of hydrogen-bond acceptors (Lipinski definition) is 3. The molecule has 2 aromatic rings. The number of halogens is 2. The molecule has 7 heteroatoms. The summed E-state index contributed by atoms with van der Waals surface area (Å²) < 4.78 is 25.6. The Kier molecular flexibility index (Phi) is 3.61. The Bertz CT molecular complexity index is 681. The van der Waals surface area contributed by atoms with Crippen molar-refractivity contribution in [3.63, 3.8) is 0 Å². The van der Waals surface area contributed by atoms with Crippen LogP contribution in [0.25, 0.3) is 0 Å². The van der Waals surface area contributed by atoms with Crippen LogP contribution in [0.1, 0.15) is 5.56 Å². The highest BCUT2D eigenvalue weighted by Crippen LogP contribution is 2.20. The van der Waals surface area contributed by atoms with Gasteiger partial charge in [0, 0.05) is 11.9 Å². The maximum atomic E-state index is 12.9. The molecule has 0 saturated carbocycles. The zero-order valence-electron chi connectivity index (χ0n) is 9.00. The first-order chi connectivity index (χ1) is 8.56. The molecule has 0 saturated heterocycles. The number of aromatic nitrogens is 2. The van der Waals surface area contributed by atoms with Crippen molar-refractivity contribution in [2.75, 3.05) is 0 Å². The van der Waals surface area contributed by atoms with Gasteiger partial charge < -0.3 is 9.97 Å². The summed E-state index contributed by atoms with van der Waals surface area (Å²) in [7, 11) is 0. The van der Waals surface area contributed by atoms with Crippen LogP contribution in [0.3, 0.4) is 0 Å². The second-order valence-corrected chi connectivity index (χ2v) is 4.49. The molecule has 18 heavy (non-hydrogen) atoms. The fourth-order valence-electron chi connectivity index (χ4n) is 1.27. The van der Waals surface area contributed by atoms with Gasteiger partial charge in [0.1, 0.15) is 0 Å². The van der Waals surface area contributed by atoms with Gasteiger partial charge in [-0.15, -0.1) is 11.8 Å². The van der Waals surface area contributed by atoms with E-state index in [1.165, 1.54) is 24.0 Å². The molecule has 0 aliphatic rings. The Morgan fingerprint density at radius 3 is 2.56 bits per heavy atom. The summed E-state index contributed by atoms with van der Waals surface area (Å²) in [5, 5.41) is 0.448. The minimum Gasteiger partial charge on any atom is -0.322 e. The molecule has 0 aliphatic heterocycles. The number of benzene rings is 1. The lowest BCUT2D eigenvalue weighted by Gasteiger charge is -2.02. The topological polar surface area (TPSA) is 65.7 Å². The molecular formula is C11H8F2N2O2S. The first-order valence-electron chi connectivity index (χ1n) is 4.95. The minimum atomic E-state index is -0.914. The summed E-state index contributed by atoms with van der Waals surface area (Å²) in [6, 6.07) is 3.59. The van der Waals surface area contributed by atoms with Gasteiger partial charge in [0.2, 0.25) is 0 Å². The van der Waals surface area contributed by atoms with Gasteiger partial charge in [-0.3, -0.25) is 9.59 Å². The van der Waals surface area contributed by atoms with Gasteiger partial charge in [-0.2, -0.15) is 0 Å². The van der Waals surface area contributed by atoms with Crippen LogP contribution in [0.5, 0.6) is 0 Å². The van der Waals surface area contributed by atoms with Crippen LogP contribution in [0, 0.1) is 11.6 Å². The summed E-state index contributed by atoms with van der Waals surface area (Å²) in [4.78, 5) is 26.5. The maximum Gasteiger partial charge on any atom is 0.314 e. The third-order valence-corrected chi connectivity index (χ3v) is 3.16. The third kappa shape index (κ3) is 2.86. The van der Waals surface area contributed by atoms with E-state index in [9.17, 15) is 18.4 Å². The van der Waals surface area contributed by atoms with Crippen LogP contribution >= 0.6 is 11.8 Å². The first kappa shape index (κ1) is 12.6. The number of rotatable bonds is 3. The molecule has 1 aromatic carbocycles. The summed E-state index contributed by atoms with van der Waals surface area (Å²) in [6.07, 6.45) is 1.36. The molecule has 0 bridgehead atoms. The zero-order valence-corrected chi connectivity index (χ0v) is 9.81. The predicted molar refractivity (Wildman–Crippen MR) is 63.6 cm³/mol. The molecule has 2 rings (SSSR count). The van der Waals surface area contributed by atoms with E-state index in [-0.39, 0.29) is 0 Å². The second-order valence-electron chi connectivity index (χ2n) is 3.47. The standard InChI is InChI=1S/C11H8F2N2O2S/c12-7-2-1-6(3-8(7)13)5-18-9-4-14-10(16)11(17)15-9/h1-4H,5H2,(H,14,16)(H,15,17). The molecule has 0 spiro atoms. The number of nitrogens with one attached hydrogen (secondary N) is 2. The maximum absolute atomic E-state index is 12.9. The van der Waals surface area contributed by atoms with E-state index in [0.717, 1.165) is 12.1 Å². The molecule has 2 N–H and O–H groups in total. The van der Waals surface area contributed by atoms with Crippen molar-refractivity contribution in [1.82, 2.24) is 9.97 Å². The first-order valence-corrected chi connectivity index (χ1v) is 5.93. The fourth-order valence-corrected chi connectivity index (χ4v) is 2.08. The highest BCUT2D eigenvalue weighted by molar-refractivity contribution is 7.98. The van der Waals surface area contributed by atoms with E-state index in [0.29, 0.717) is 16.3 Å². The van der Waals surface area contributed by atoms with Crippen molar-refractivity contribution in [1.29, 1.82) is 0 Å². The fraction of sp³-hybridized carbons (Fsp3) is 0.0909. The van der Waals surface area contributed by atoms with Crippen molar-refractivity contribution >= 4 is 11.8 Å². The highest BCUT2D eigenvalue weighted by Gasteiger charge is 2.04. The average molecular weight is 270 g/mol. The van der Waals surface area contributed by atoms with E-state index in [1.807, 2.05) is 0 Å². The van der Waals surface area contributed by atoms with Gasteiger partial charge in [0.25, 0.3) is 0 Å². The molecular weight excluding hydrogens is 262 g/mol. The van der Waals surface area contributed by atoms with Gasteiger partial charge in [0.05, 0.1) is 5.03 Å². The summed E-state index contributed by atoms with van der Waals surface area (Å²) >= 11 is 1.20. The van der Waals surface area contributed by atoms with Crippen LogP contribution in [-0.4, -0.2) is 9.97 Å². The van der Waals surface area contributed by atoms with Crippen LogP contribution in [0.2, 0.25) is 0 Å². The van der Waals surface area contributed by atoms with Crippen molar-refractivity contribution < 1.29 is 8.78 Å². The highest BCUT2D eigenvalue weighted by atomic mass is 32.2. The van der Waals surface area contributed by atoms with Crippen molar-refractivity contribution in [3.8, 4) is 0 Å². The lowest BCUT2D eigenvalue weighted by molar-refractivity contribution is 0.507. The van der Waals surface area contributed by atoms with E-state index >= 15 is 0 Å². The number of hydrogen-bond donors (Lipinski definition) is 2. The number of thioether (sulfide) groups is 1. The Balaban J connectivity index is 2.11. The summed E-state index contributed by atoms with van der Waals surface area (Å²) in [5.74, 6) is -1.47. The van der Waals surface area contributed by atoms with Crippen LogP contribution in [-0.2, 0) is 5.75 Å². The lowest BCUT2D eigenvalue weighted by Crippen LogP contribution is -2.28. The van der Waals surface area contributed by atoms with Gasteiger partial charge in [0.15, 0.2) is 11.6 Å². The quantitative estimate of drug-likeness (QED) is 0.658. The summed E-state index contributed by atoms with van der Waals surface area (Å²) in [6.45, 7) is 0. The SMILES string of the molecule is O=c1[nH]cc(SCc2ccc(F)c(F)c2)[nH]c1=O. The number of H-pyrrole nitrogens is 2. The van der Waals surface area contributed by atoms with Crippen molar-refractivity contribution in [2.24, 2.45) is 0 Å². The van der Waals surface area contributed by atoms with Crippen LogP contribution in [0.15, 0.2) is 39.0 Å². The van der Waals surface area contributed by atoms with E-state index < -0.39 is 22.8 Å². The predicted octanol–water partition coefficient (Wildman–Crippen LogP) is 1.63. The van der Waals surface area contributed by atoms with Crippen LogP contribution in [0.4, 0.5) is 8.78 Å². The van der Waals surface area contributed by atoms with E-state index in [4.69, 9.17) is 0 Å². The van der Waals surface area contributed by atoms with Gasteiger partial charge >= 0.3 is 11.1 Å². The molecule has 0 unspecified atom stereocenters. The molecule has 0 amide bonds. The Morgan fingerprint density at radius 2 is 1.89 bits per heavy atom. The van der Waals surface area contributed by atoms with Crippen LogP contribution < -0.4 is 11.1 Å². The Morgan fingerprint density at radius 1 is 1.11 bits per heavy atom. The Labute approximate surface area is 104 Å². The zero-order chi connectivity index (χ0) is 13.1. The van der Waals surface area contributed by atoms with E-state index in [1.54, 1.807) is 0 Å². The average Bonchev–Trinajstić information content (AvgIpc) is 2.35. The Hall–Kier alpha value is -1.89. The monoisotopic (exact) mass is 270 g/mol. The summed E-state index contributed by atoms with van der Waals surface area (Å²) in [5.41, 5.74) is -0.900. The second kappa shape index (κ2) is 5.18. The molecule has 94 valence electrons. The van der Waals surface area contributed by atoms with Gasteiger partial charge in [-0.05, 0) is 17.7 Å². The molecule has 1 aromatic heterocycles. The molecule has 0 fully saturated rings. The van der Waals surface area contributed by atoms with Gasteiger partial charge in [-0.25, -0.2) is 8.78 Å². The molecule has 1 heterocycles. The van der Waals surface area contributed by atoms with Crippen molar-refractivity contribution in [2.45, 2.75) is 10.8 Å². The minimum absolute atomic E-state index is 0.346. The van der Waals surface area contributed by atoms with Gasteiger partial charge in [-0.1, -0.05) is 6.07 Å². The largest absolute Gasteiger partial charge is 0.322 e. The van der Waals surface area contributed by atoms with E-state index in [2.05, 4.69) is 9.97 Å². The molecule has 0 aliphatic carbocycles. The molecule has 4 nitrogen and oxygen atoms in total. The third-order valence-electron chi connectivity index (χ3n) is 2.16. The lowest BCUT2D eigenvalue weighted by atomic mass is 10.2. The smallest absolute Gasteiger partial charge is 0.314 e. The normalized spacial score (nSPS) is 10.6. The molecule has 0 atom stereocenters.